The standard InChI is InChI=1S/C33H35FO6/c1-3-21-38-39-23-8-6-10-26-13-20-31(30(34)24-26)40-33(36)29-18-16-28(17-19-29)27-14-11-25(12-15-27)9-5-7-22-37-32(35)4-2/h3-4,11-20,24H,1-2,5-10,21-23H2. The Labute approximate surface area is 235 Å². The average molecular weight is 547 g/mol. The molecule has 0 amide bonds. The lowest BCUT2D eigenvalue weighted by molar-refractivity contribution is -0.286. The van der Waals surface area contributed by atoms with E-state index in [-0.39, 0.29) is 5.75 Å². The molecule has 0 aliphatic rings. The molecule has 210 valence electrons. The lowest BCUT2D eigenvalue weighted by Gasteiger charge is -2.09. The minimum atomic E-state index is -0.621. The predicted octanol–water partition coefficient (Wildman–Crippen LogP) is 7.22. The molecule has 3 aromatic rings. The van der Waals surface area contributed by atoms with Crippen LogP contribution in [0.4, 0.5) is 4.39 Å². The van der Waals surface area contributed by atoms with E-state index in [2.05, 4.69) is 25.3 Å². The summed E-state index contributed by atoms with van der Waals surface area (Å²) in [7, 11) is 0. The molecule has 0 aliphatic heterocycles. The van der Waals surface area contributed by atoms with Crippen LogP contribution >= 0.6 is 0 Å². The normalized spacial score (nSPS) is 10.6. The van der Waals surface area contributed by atoms with Gasteiger partial charge in [0.15, 0.2) is 11.6 Å². The van der Waals surface area contributed by atoms with Crippen LogP contribution in [0.1, 0.15) is 47.2 Å². The quantitative estimate of drug-likeness (QED) is 0.0339. The van der Waals surface area contributed by atoms with Gasteiger partial charge >= 0.3 is 11.9 Å². The minimum Gasteiger partial charge on any atom is -0.463 e. The van der Waals surface area contributed by atoms with E-state index in [0.717, 1.165) is 54.9 Å². The second kappa shape index (κ2) is 16.8. The van der Waals surface area contributed by atoms with Crippen molar-refractivity contribution in [3.63, 3.8) is 0 Å². The number of carbonyl (C=O) groups is 2. The molecule has 40 heavy (non-hydrogen) atoms. The molecule has 6 nitrogen and oxygen atoms in total. The smallest absolute Gasteiger partial charge is 0.343 e. The summed E-state index contributed by atoms with van der Waals surface area (Å²) >= 11 is 0. The van der Waals surface area contributed by atoms with Crippen LogP contribution in [0.15, 0.2) is 92.0 Å². The third-order valence-corrected chi connectivity index (χ3v) is 6.09. The van der Waals surface area contributed by atoms with Gasteiger partial charge in [0.1, 0.15) is 6.61 Å². The zero-order chi connectivity index (χ0) is 28.6. The van der Waals surface area contributed by atoms with E-state index in [1.807, 2.05) is 24.3 Å². The molecule has 0 radical (unpaired) electrons. The summed E-state index contributed by atoms with van der Waals surface area (Å²) in [4.78, 5) is 33.5. The molecule has 0 aliphatic carbocycles. The maximum absolute atomic E-state index is 14.6. The molecule has 0 fully saturated rings. The number of hydrogen-bond acceptors (Lipinski definition) is 6. The second-order valence-electron chi connectivity index (χ2n) is 9.11. The molecule has 0 N–H and O–H groups in total. The van der Waals surface area contributed by atoms with Crippen LogP contribution in [0.2, 0.25) is 0 Å². The van der Waals surface area contributed by atoms with Crippen LogP contribution in [0, 0.1) is 5.82 Å². The van der Waals surface area contributed by atoms with E-state index >= 15 is 0 Å². The third kappa shape index (κ3) is 10.2. The van der Waals surface area contributed by atoms with Crippen molar-refractivity contribution >= 4 is 11.9 Å². The summed E-state index contributed by atoms with van der Waals surface area (Å²) in [6.07, 6.45) is 7.60. The van der Waals surface area contributed by atoms with Crippen LogP contribution in [-0.4, -0.2) is 31.8 Å². The molecule has 0 saturated carbocycles. The molecule has 0 saturated heterocycles. The lowest BCUT2D eigenvalue weighted by Crippen LogP contribution is -2.09. The van der Waals surface area contributed by atoms with Crippen LogP contribution < -0.4 is 4.74 Å². The molecule has 0 atom stereocenters. The first-order valence-corrected chi connectivity index (χ1v) is 13.3. The molecule has 3 rings (SSSR count). The van der Waals surface area contributed by atoms with E-state index in [4.69, 9.17) is 19.2 Å². The Morgan fingerprint density at radius 2 is 1.38 bits per heavy atom. The highest BCUT2D eigenvalue weighted by Gasteiger charge is 2.13. The summed E-state index contributed by atoms with van der Waals surface area (Å²) in [6, 6.07) is 19.8. The van der Waals surface area contributed by atoms with Gasteiger partial charge in [-0.25, -0.2) is 23.8 Å². The number of aryl methyl sites for hydroxylation is 2. The van der Waals surface area contributed by atoms with Crippen LogP contribution in [0.25, 0.3) is 11.1 Å². The number of ether oxygens (including phenoxy) is 2. The topological polar surface area (TPSA) is 71.1 Å². The highest BCUT2D eigenvalue weighted by Crippen LogP contribution is 2.24. The van der Waals surface area contributed by atoms with Gasteiger partial charge in [-0.05, 0) is 85.0 Å². The van der Waals surface area contributed by atoms with Crippen molar-refractivity contribution in [1.29, 1.82) is 0 Å². The van der Waals surface area contributed by atoms with Crippen LogP contribution in [-0.2, 0) is 32.1 Å². The molecule has 0 heterocycles. The summed E-state index contributed by atoms with van der Waals surface area (Å²) in [5.41, 5.74) is 4.30. The van der Waals surface area contributed by atoms with Gasteiger partial charge in [-0.3, -0.25) is 0 Å². The summed E-state index contributed by atoms with van der Waals surface area (Å²) in [5, 5.41) is 0. The number of benzene rings is 3. The van der Waals surface area contributed by atoms with Crippen molar-refractivity contribution < 1.29 is 33.2 Å². The van der Waals surface area contributed by atoms with Crippen LogP contribution in [0.5, 0.6) is 5.75 Å². The molecule has 0 unspecified atom stereocenters. The average Bonchev–Trinajstić information content (AvgIpc) is 2.98. The first-order chi connectivity index (χ1) is 19.5. The Kier molecular flexibility index (Phi) is 12.8. The van der Waals surface area contributed by atoms with Gasteiger partial charge in [-0.15, -0.1) is 6.58 Å². The Morgan fingerprint density at radius 1 is 0.750 bits per heavy atom. The number of esters is 2. The number of hydrogen-bond donors (Lipinski definition) is 0. The fourth-order valence-corrected chi connectivity index (χ4v) is 3.91. The summed E-state index contributed by atoms with van der Waals surface area (Å²) < 4.78 is 24.9. The van der Waals surface area contributed by atoms with E-state index in [9.17, 15) is 14.0 Å². The van der Waals surface area contributed by atoms with Crippen molar-refractivity contribution in [3.8, 4) is 16.9 Å². The molecule has 3 aromatic carbocycles. The Balaban J connectivity index is 1.45. The van der Waals surface area contributed by atoms with Crippen molar-refractivity contribution in [2.24, 2.45) is 0 Å². The number of carbonyl (C=O) groups excluding carboxylic acids is 2. The minimum absolute atomic E-state index is 0.103. The zero-order valence-electron chi connectivity index (χ0n) is 22.6. The van der Waals surface area contributed by atoms with Gasteiger partial charge < -0.3 is 9.47 Å². The number of rotatable bonds is 17. The molecule has 7 heteroatoms. The molecule has 0 spiro atoms. The molecule has 0 bridgehead atoms. The highest BCUT2D eigenvalue weighted by molar-refractivity contribution is 5.91. The van der Waals surface area contributed by atoms with Crippen molar-refractivity contribution in [2.45, 2.75) is 38.5 Å². The Hall–Kier alpha value is -4.07. The largest absolute Gasteiger partial charge is 0.463 e. The predicted molar refractivity (Wildman–Crippen MR) is 152 cm³/mol. The van der Waals surface area contributed by atoms with Gasteiger partial charge in [0.2, 0.25) is 0 Å². The van der Waals surface area contributed by atoms with Gasteiger partial charge in [0.05, 0.1) is 18.8 Å². The van der Waals surface area contributed by atoms with Crippen molar-refractivity contribution in [2.75, 3.05) is 19.8 Å². The van der Waals surface area contributed by atoms with Crippen molar-refractivity contribution in [1.82, 2.24) is 0 Å². The maximum atomic E-state index is 14.6. The number of halogens is 1. The van der Waals surface area contributed by atoms with Gasteiger partial charge in [-0.1, -0.05) is 55.1 Å². The monoisotopic (exact) mass is 546 g/mol. The second-order valence-corrected chi connectivity index (χ2v) is 9.11. The fraction of sp³-hybridized carbons (Fsp3) is 0.273. The highest BCUT2D eigenvalue weighted by atomic mass is 19.1. The summed E-state index contributed by atoms with van der Waals surface area (Å²) in [5.74, 6) is -1.70. The Morgan fingerprint density at radius 3 is 2.02 bits per heavy atom. The molecule has 0 aromatic heterocycles. The van der Waals surface area contributed by atoms with Crippen molar-refractivity contribution in [3.05, 3.63) is 115 Å². The summed E-state index contributed by atoms with van der Waals surface area (Å²) in [6.45, 7) is 8.09. The molecular formula is C33H35FO6. The van der Waals surface area contributed by atoms with E-state index < -0.39 is 17.8 Å². The van der Waals surface area contributed by atoms with E-state index in [1.165, 1.54) is 17.7 Å². The lowest BCUT2D eigenvalue weighted by atomic mass is 10.0. The van der Waals surface area contributed by atoms with Gasteiger partial charge in [-0.2, -0.15) is 0 Å². The number of unbranched alkanes of at least 4 members (excludes halogenated alkanes) is 2. The van der Waals surface area contributed by atoms with Gasteiger partial charge in [0, 0.05) is 6.08 Å². The zero-order valence-corrected chi connectivity index (χ0v) is 22.6. The van der Waals surface area contributed by atoms with Gasteiger partial charge in [0.25, 0.3) is 0 Å². The first kappa shape index (κ1) is 30.5. The van der Waals surface area contributed by atoms with E-state index in [1.54, 1.807) is 24.3 Å². The Bertz CT molecular complexity index is 1250. The molecular weight excluding hydrogens is 511 g/mol. The fourth-order valence-electron chi connectivity index (χ4n) is 3.91. The maximum Gasteiger partial charge on any atom is 0.343 e. The van der Waals surface area contributed by atoms with E-state index in [0.29, 0.717) is 31.8 Å². The van der Waals surface area contributed by atoms with Crippen LogP contribution in [0.3, 0.4) is 0 Å². The SMILES string of the molecule is C=CCOOCCCCc1ccc(OC(=O)c2ccc(-c3ccc(CCCCOC(=O)C=C)cc3)cc2)c(F)c1. The third-order valence-electron chi connectivity index (χ3n) is 6.09. The first-order valence-electron chi connectivity index (χ1n) is 13.3.